The number of unbranched alkanes of at least 4 members (excludes halogenated alkanes) is 25. The molecule has 66 heavy (non-hydrogen) atoms. The average Bonchev–Trinajstić information content (AvgIpc) is 3.31. The molecule has 0 aliphatic rings. The summed E-state index contributed by atoms with van der Waals surface area (Å²) in [6.07, 6.45) is 65.2. The molecule has 0 aromatic carbocycles. The average molecular weight is 946 g/mol. The van der Waals surface area contributed by atoms with Crippen molar-refractivity contribution in [3.63, 3.8) is 0 Å². The summed E-state index contributed by atoms with van der Waals surface area (Å²) in [5.74, 6) is -0.852. The largest absolute Gasteiger partial charge is 0.472 e. The zero-order chi connectivity index (χ0) is 48.1. The van der Waals surface area contributed by atoms with Crippen LogP contribution in [0.2, 0.25) is 0 Å². The van der Waals surface area contributed by atoms with Crippen molar-refractivity contribution < 1.29 is 37.6 Å². The zero-order valence-corrected chi connectivity index (χ0v) is 43.3. The number of carbonyl (C=O) groups excluding carboxylic acids is 2. The first-order valence-corrected chi connectivity index (χ1v) is 28.4. The molecule has 0 aliphatic carbocycles. The van der Waals surface area contributed by atoms with E-state index in [4.69, 9.17) is 24.3 Å². The summed E-state index contributed by atoms with van der Waals surface area (Å²) in [6.45, 7) is 3.62. The number of allylic oxidation sites excluding steroid dienone is 12. The lowest BCUT2D eigenvalue weighted by molar-refractivity contribution is -0.161. The molecule has 0 bridgehead atoms. The van der Waals surface area contributed by atoms with Crippen molar-refractivity contribution in [1.82, 2.24) is 0 Å². The number of ether oxygens (including phenoxy) is 2. The van der Waals surface area contributed by atoms with E-state index in [1.54, 1.807) is 0 Å². The lowest BCUT2D eigenvalue weighted by atomic mass is 10.0. The van der Waals surface area contributed by atoms with Crippen LogP contribution in [0.5, 0.6) is 0 Å². The first kappa shape index (κ1) is 63.5. The minimum Gasteiger partial charge on any atom is -0.462 e. The summed E-state index contributed by atoms with van der Waals surface area (Å²) < 4.78 is 33.0. The molecular formula is C56H100NO8P. The highest BCUT2D eigenvalue weighted by atomic mass is 31.2. The maximum absolute atomic E-state index is 12.7. The van der Waals surface area contributed by atoms with Gasteiger partial charge in [0.2, 0.25) is 0 Å². The number of nitrogens with two attached hydrogens (primary N) is 1. The van der Waals surface area contributed by atoms with Crippen LogP contribution in [0.1, 0.15) is 239 Å². The number of hydrogen-bond acceptors (Lipinski definition) is 8. The molecule has 382 valence electrons. The van der Waals surface area contributed by atoms with Gasteiger partial charge in [0.05, 0.1) is 13.2 Å². The van der Waals surface area contributed by atoms with E-state index in [1.807, 2.05) is 0 Å². The fraction of sp³-hybridized carbons (Fsp3) is 0.750. The third-order valence-corrected chi connectivity index (χ3v) is 12.3. The highest BCUT2D eigenvalue weighted by Gasteiger charge is 2.26. The topological polar surface area (TPSA) is 134 Å². The maximum Gasteiger partial charge on any atom is 0.472 e. The monoisotopic (exact) mass is 946 g/mol. The van der Waals surface area contributed by atoms with Gasteiger partial charge in [-0.2, -0.15) is 0 Å². The van der Waals surface area contributed by atoms with E-state index >= 15 is 0 Å². The summed E-state index contributed by atoms with van der Waals surface area (Å²) in [7, 11) is -4.40. The van der Waals surface area contributed by atoms with E-state index in [2.05, 4.69) is 86.8 Å². The van der Waals surface area contributed by atoms with E-state index in [0.29, 0.717) is 6.42 Å². The van der Waals surface area contributed by atoms with Crippen molar-refractivity contribution in [3.05, 3.63) is 72.9 Å². The SMILES string of the molecule is CC/C=C\C/C=C\C/C=C\C/C=C\C/C=C\C/C=C\CCCCCCC(=O)OC(COC(=O)CCCCCCCCCCCCCCCCCCCCCCCC)COP(=O)(O)OCCN. The minimum atomic E-state index is -4.40. The summed E-state index contributed by atoms with van der Waals surface area (Å²) in [4.78, 5) is 35.1. The third-order valence-electron chi connectivity index (χ3n) is 11.4. The number of rotatable bonds is 50. The van der Waals surface area contributed by atoms with Crippen LogP contribution in [0.3, 0.4) is 0 Å². The lowest BCUT2D eigenvalue weighted by Gasteiger charge is -2.19. The van der Waals surface area contributed by atoms with Crippen LogP contribution in [-0.4, -0.2) is 49.3 Å². The van der Waals surface area contributed by atoms with Crippen molar-refractivity contribution in [2.75, 3.05) is 26.4 Å². The second-order valence-corrected chi connectivity index (χ2v) is 19.2. The van der Waals surface area contributed by atoms with Gasteiger partial charge in [0, 0.05) is 19.4 Å². The Morgan fingerprint density at radius 1 is 0.470 bits per heavy atom. The molecular weight excluding hydrogens is 846 g/mol. The quantitative estimate of drug-likeness (QED) is 0.0264. The molecule has 0 heterocycles. The number of carbonyl (C=O) groups is 2. The van der Waals surface area contributed by atoms with Gasteiger partial charge < -0.3 is 20.1 Å². The van der Waals surface area contributed by atoms with Gasteiger partial charge in [-0.25, -0.2) is 4.57 Å². The van der Waals surface area contributed by atoms with Crippen LogP contribution in [0, 0.1) is 0 Å². The van der Waals surface area contributed by atoms with E-state index in [0.717, 1.165) is 83.5 Å². The summed E-state index contributed by atoms with van der Waals surface area (Å²) >= 11 is 0. The van der Waals surface area contributed by atoms with Crippen LogP contribution in [-0.2, 0) is 32.7 Å². The van der Waals surface area contributed by atoms with Gasteiger partial charge in [0.15, 0.2) is 6.10 Å². The molecule has 0 saturated heterocycles. The molecule has 0 fully saturated rings. The molecule has 2 atom stereocenters. The Labute approximate surface area is 405 Å². The van der Waals surface area contributed by atoms with Crippen molar-refractivity contribution in [2.45, 2.75) is 245 Å². The predicted molar refractivity (Wildman–Crippen MR) is 279 cm³/mol. The zero-order valence-electron chi connectivity index (χ0n) is 42.4. The Bertz CT molecular complexity index is 1310. The molecule has 0 rings (SSSR count). The van der Waals surface area contributed by atoms with Gasteiger partial charge in [-0.3, -0.25) is 18.6 Å². The Morgan fingerprint density at radius 2 is 0.833 bits per heavy atom. The van der Waals surface area contributed by atoms with Gasteiger partial charge in [0.25, 0.3) is 0 Å². The fourth-order valence-corrected chi connectivity index (χ4v) is 8.17. The molecule has 0 aromatic rings. The molecule has 9 nitrogen and oxygen atoms in total. The molecule has 0 aliphatic heterocycles. The molecule has 0 saturated carbocycles. The Balaban J connectivity index is 4.08. The highest BCUT2D eigenvalue weighted by molar-refractivity contribution is 7.47. The van der Waals surface area contributed by atoms with Gasteiger partial charge in [-0.1, -0.05) is 234 Å². The Kier molecular flexibility index (Phi) is 49.8. The van der Waals surface area contributed by atoms with Crippen molar-refractivity contribution in [1.29, 1.82) is 0 Å². The van der Waals surface area contributed by atoms with Crippen molar-refractivity contribution in [2.24, 2.45) is 5.73 Å². The predicted octanol–water partition coefficient (Wildman–Crippen LogP) is 16.6. The molecule has 0 spiro atoms. The molecule has 10 heteroatoms. The molecule has 0 aromatic heterocycles. The fourth-order valence-electron chi connectivity index (χ4n) is 7.40. The third kappa shape index (κ3) is 50.9. The molecule has 3 N–H and O–H groups in total. The maximum atomic E-state index is 12.7. The van der Waals surface area contributed by atoms with Crippen LogP contribution in [0.15, 0.2) is 72.9 Å². The second kappa shape index (κ2) is 51.8. The number of hydrogen-bond donors (Lipinski definition) is 2. The van der Waals surface area contributed by atoms with E-state index in [1.165, 1.54) is 122 Å². The smallest absolute Gasteiger partial charge is 0.462 e. The molecule has 0 amide bonds. The summed E-state index contributed by atoms with van der Waals surface area (Å²) in [6, 6.07) is 0. The van der Waals surface area contributed by atoms with Gasteiger partial charge in [-0.15, -0.1) is 0 Å². The molecule has 0 radical (unpaired) electrons. The number of phosphoric ester groups is 1. The Morgan fingerprint density at radius 3 is 1.24 bits per heavy atom. The first-order valence-electron chi connectivity index (χ1n) is 26.9. The van der Waals surface area contributed by atoms with Crippen LogP contribution < -0.4 is 5.73 Å². The summed E-state index contributed by atoms with van der Waals surface area (Å²) in [5.41, 5.74) is 5.37. The summed E-state index contributed by atoms with van der Waals surface area (Å²) in [5, 5.41) is 0. The van der Waals surface area contributed by atoms with Gasteiger partial charge >= 0.3 is 19.8 Å². The highest BCUT2D eigenvalue weighted by Crippen LogP contribution is 2.43. The standard InChI is InChI=1S/C56H100NO8P/c1-3-5-7-9-11-13-15-17-19-21-23-25-27-29-31-33-35-37-39-41-43-45-47-49-56(59)65-54(53-64-66(60,61)63-51-50-57)52-62-55(58)48-46-44-42-40-38-36-34-32-30-28-26-24-22-20-18-16-14-12-10-8-6-4-2/h5,7,11,13,17,19,23,25,29,31,35,37,54H,3-4,6,8-10,12,14-16,18,20-22,24,26-28,30,32-34,36,38-53,57H2,1-2H3,(H,60,61)/b7-5-,13-11-,19-17-,25-23-,31-29-,37-35-. The van der Waals surface area contributed by atoms with E-state index in [9.17, 15) is 19.0 Å². The van der Waals surface area contributed by atoms with E-state index in [-0.39, 0.29) is 38.6 Å². The van der Waals surface area contributed by atoms with Gasteiger partial charge in [0.1, 0.15) is 6.61 Å². The van der Waals surface area contributed by atoms with Crippen molar-refractivity contribution >= 4 is 19.8 Å². The lowest BCUT2D eigenvalue weighted by Crippen LogP contribution is -2.29. The van der Waals surface area contributed by atoms with Crippen LogP contribution >= 0.6 is 7.82 Å². The minimum absolute atomic E-state index is 0.0465. The molecule has 2 unspecified atom stereocenters. The van der Waals surface area contributed by atoms with Crippen LogP contribution in [0.4, 0.5) is 0 Å². The number of esters is 2. The first-order chi connectivity index (χ1) is 32.3. The van der Waals surface area contributed by atoms with Gasteiger partial charge in [-0.05, 0) is 64.2 Å². The number of phosphoric acid groups is 1. The van der Waals surface area contributed by atoms with Crippen molar-refractivity contribution in [3.8, 4) is 0 Å². The Hall–Kier alpha value is -2.55. The van der Waals surface area contributed by atoms with Crippen LogP contribution in [0.25, 0.3) is 0 Å². The normalized spacial score (nSPS) is 13.7. The van der Waals surface area contributed by atoms with E-state index < -0.39 is 26.5 Å². The second-order valence-electron chi connectivity index (χ2n) is 17.7.